The molecule has 3 aliphatic rings. The Morgan fingerprint density at radius 1 is 1.24 bits per heavy atom. The van der Waals surface area contributed by atoms with E-state index < -0.39 is 11.9 Å². The maximum absolute atomic E-state index is 15.3. The highest BCUT2D eigenvalue weighted by atomic mass is 19.1. The van der Waals surface area contributed by atoms with E-state index in [9.17, 15) is 4.79 Å². The van der Waals surface area contributed by atoms with Gasteiger partial charge in [0.25, 0.3) is 0 Å². The predicted octanol–water partition coefficient (Wildman–Crippen LogP) is 2.90. The number of pyridine rings is 2. The molecule has 1 unspecified atom stereocenters. The second kappa shape index (κ2) is 7.45. The lowest BCUT2D eigenvalue weighted by Gasteiger charge is -2.22. The van der Waals surface area contributed by atoms with Crippen LogP contribution in [0.25, 0.3) is 21.9 Å². The second-order valence-electron chi connectivity index (χ2n) is 8.68. The molecule has 10 heteroatoms. The first-order valence-electron chi connectivity index (χ1n) is 10.9. The number of benzene rings is 1. The molecule has 9 nitrogen and oxygen atoms in total. The van der Waals surface area contributed by atoms with Gasteiger partial charge in [-0.15, -0.1) is 0 Å². The van der Waals surface area contributed by atoms with Gasteiger partial charge in [0, 0.05) is 60.4 Å². The molecule has 2 aromatic heterocycles. The van der Waals surface area contributed by atoms with Crippen molar-refractivity contribution < 1.29 is 18.7 Å². The van der Waals surface area contributed by atoms with E-state index >= 15 is 4.39 Å². The zero-order valence-corrected chi connectivity index (χ0v) is 17.9. The molecule has 2 fully saturated rings. The number of fused-ring (bicyclic) bond motifs is 3. The van der Waals surface area contributed by atoms with Crippen LogP contribution in [0.4, 0.5) is 26.4 Å². The summed E-state index contributed by atoms with van der Waals surface area (Å²) in [4.78, 5) is 20.9. The molecular formula is C23H23FN6O3. The number of hydrogen-bond acceptors (Lipinski definition) is 8. The Morgan fingerprint density at radius 2 is 2.06 bits per heavy atom. The van der Waals surface area contributed by atoms with E-state index in [0.29, 0.717) is 58.6 Å². The van der Waals surface area contributed by atoms with E-state index in [1.165, 1.54) is 6.20 Å². The van der Waals surface area contributed by atoms with Crippen molar-refractivity contribution in [3.05, 3.63) is 35.9 Å². The summed E-state index contributed by atoms with van der Waals surface area (Å²) in [6.45, 7) is 4.82. The van der Waals surface area contributed by atoms with Crippen LogP contribution in [0.3, 0.4) is 0 Å². The number of amides is 1. The molecule has 33 heavy (non-hydrogen) atoms. The molecule has 0 radical (unpaired) electrons. The van der Waals surface area contributed by atoms with Crippen molar-refractivity contribution in [1.82, 2.24) is 15.3 Å². The van der Waals surface area contributed by atoms with Crippen molar-refractivity contribution in [3.8, 4) is 17.0 Å². The summed E-state index contributed by atoms with van der Waals surface area (Å²) in [6, 6.07) is 3.35. The number of nitrogens with one attached hydrogen (secondary N) is 3. The number of nitrogens with zero attached hydrogens (tertiary/aromatic N) is 2. The monoisotopic (exact) mass is 450 g/mol. The van der Waals surface area contributed by atoms with Gasteiger partial charge in [0.1, 0.15) is 24.2 Å². The Labute approximate surface area is 188 Å². The van der Waals surface area contributed by atoms with Crippen molar-refractivity contribution in [3.63, 3.8) is 0 Å². The third kappa shape index (κ3) is 3.29. The average Bonchev–Trinajstić information content (AvgIpc) is 3.22. The first kappa shape index (κ1) is 20.0. The van der Waals surface area contributed by atoms with Crippen LogP contribution in [-0.4, -0.2) is 48.4 Å². The van der Waals surface area contributed by atoms with Crippen molar-refractivity contribution in [1.29, 1.82) is 0 Å². The lowest BCUT2D eigenvalue weighted by molar-refractivity contribution is 0.140. The van der Waals surface area contributed by atoms with Gasteiger partial charge in [0.2, 0.25) is 5.88 Å². The lowest BCUT2D eigenvalue weighted by Crippen LogP contribution is -2.23. The Kier molecular flexibility index (Phi) is 4.51. The number of piperidine rings is 1. The molecule has 1 aliphatic carbocycles. The topological polar surface area (TPSA) is 123 Å². The van der Waals surface area contributed by atoms with Gasteiger partial charge < -0.3 is 25.8 Å². The maximum Gasteiger partial charge on any atom is 0.413 e. The number of anilines is 3. The van der Waals surface area contributed by atoms with Crippen LogP contribution in [0, 0.1) is 24.6 Å². The van der Waals surface area contributed by atoms with Gasteiger partial charge in [0.05, 0.1) is 5.69 Å². The fourth-order valence-electron chi connectivity index (χ4n) is 4.85. The first-order chi connectivity index (χ1) is 16.0. The first-order valence-corrected chi connectivity index (χ1v) is 10.9. The zero-order valence-electron chi connectivity index (χ0n) is 17.9. The fraction of sp³-hybridized carbons (Fsp3) is 0.348. The number of hydrogen-bond donors (Lipinski definition) is 4. The number of ether oxygens (including phenoxy) is 2. The van der Waals surface area contributed by atoms with E-state index in [1.54, 1.807) is 18.3 Å². The third-order valence-corrected chi connectivity index (χ3v) is 6.72. The number of carbonyl (C=O) groups excluding carboxylic acids is 1. The van der Waals surface area contributed by atoms with Crippen LogP contribution in [0.15, 0.2) is 24.5 Å². The minimum Gasteiger partial charge on any atom is -0.474 e. The molecule has 1 aromatic carbocycles. The molecule has 1 saturated heterocycles. The van der Waals surface area contributed by atoms with Crippen LogP contribution in [0.1, 0.15) is 5.56 Å². The Bertz CT molecular complexity index is 1290. The van der Waals surface area contributed by atoms with Crippen LogP contribution < -0.4 is 26.4 Å². The Morgan fingerprint density at radius 3 is 2.88 bits per heavy atom. The zero-order chi connectivity index (χ0) is 22.7. The highest BCUT2D eigenvalue weighted by molar-refractivity contribution is 5.99. The molecule has 3 atom stereocenters. The van der Waals surface area contributed by atoms with E-state index in [-0.39, 0.29) is 11.8 Å². The summed E-state index contributed by atoms with van der Waals surface area (Å²) in [7, 11) is 0. The number of nitrogens with two attached hydrogens (primary N) is 1. The molecule has 4 heterocycles. The summed E-state index contributed by atoms with van der Waals surface area (Å²) in [5.41, 5.74) is 8.61. The van der Waals surface area contributed by atoms with Crippen molar-refractivity contribution in [2.75, 3.05) is 42.6 Å². The predicted molar refractivity (Wildman–Crippen MR) is 122 cm³/mol. The molecule has 5 N–H and O–H groups in total. The van der Waals surface area contributed by atoms with Crippen LogP contribution in [0.2, 0.25) is 0 Å². The second-order valence-corrected chi connectivity index (χ2v) is 8.68. The number of carbonyl (C=O) groups is 1. The lowest BCUT2D eigenvalue weighted by atomic mass is 9.97. The van der Waals surface area contributed by atoms with E-state index in [1.807, 2.05) is 6.92 Å². The smallest absolute Gasteiger partial charge is 0.413 e. The Hall–Kier alpha value is -3.66. The molecule has 0 spiro atoms. The molecule has 2 aliphatic heterocycles. The SMILES string of the molecule is Cc1c(-c2cc3cc(NC(=O)OC4[C@H]5CNC[C@@H]45)ncc3c(N)c2F)cnc2c1NCCO2. The van der Waals surface area contributed by atoms with Gasteiger partial charge in [-0.1, -0.05) is 0 Å². The van der Waals surface area contributed by atoms with Gasteiger partial charge >= 0.3 is 6.09 Å². The normalized spacial score (nSPS) is 22.7. The molecule has 170 valence electrons. The summed E-state index contributed by atoms with van der Waals surface area (Å²) in [5, 5.41) is 10.3. The van der Waals surface area contributed by atoms with Crippen LogP contribution in [0.5, 0.6) is 5.88 Å². The van der Waals surface area contributed by atoms with Crippen LogP contribution in [-0.2, 0) is 4.74 Å². The average molecular weight is 450 g/mol. The number of aromatic nitrogens is 2. The van der Waals surface area contributed by atoms with Crippen LogP contribution >= 0.6 is 0 Å². The summed E-state index contributed by atoms with van der Waals surface area (Å²) in [6.07, 6.45) is 2.46. The number of rotatable bonds is 3. The molecule has 1 amide bonds. The highest BCUT2D eigenvalue weighted by Crippen LogP contribution is 2.44. The maximum atomic E-state index is 15.3. The van der Waals surface area contributed by atoms with E-state index in [4.69, 9.17) is 15.2 Å². The Balaban J connectivity index is 1.32. The van der Waals surface area contributed by atoms with Crippen molar-refractivity contribution in [2.24, 2.45) is 11.8 Å². The molecule has 6 rings (SSSR count). The van der Waals surface area contributed by atoms with Gasteiger partial charge in [-0.25, -0.2) is 19.2 Å². The minimum absolute atomic E-state index is 0.0104. The third-order valence-electron chi connectivity index (χ3n) is 6.72. The minimum atomic E-state index is -0.544. The highest BCUT2D eigenvalue weighted by Gasteiger charge is 2.56. The van der Waals surface area contributed by atoms with E-state index in [0.717, 1.165) is 24.3 Å². The molecule has 0 bridgehead atoms. The number of nitrogen functional groups attached to an aromatic ring is 1. The van der Waals surface area contributed by atoms with E-state index in [2.05, 4.69) is 25.9 Å². The van der Waals surface area contributed by atoms with Crippen molar-refractivity contribution in [2.45, 2.75) is 13.0 Å². The summed E-state index contributed by atoms with van der Waals surface area (Å²) in [5.74, 6) is 1.07. The van der Waals surface area contributed by atoms with Gasteiger partial charge in [-0.3, -0.25) is 5.32 Å². The summed E-state index contributed by atoms with van der Waals surface area (Å²) >= 11 is 0. The molecule has 3 aromatic rings. The molecule has 1 saturated carbocycles. The fourth-order valence-corrected chi connectivity index (χ4v) is 4.85. The number of halogens is 1. The van der Waals surface area contributed by atoms with Crippen molar-refractivity contribution >= 4 is 34.1 Å². The largest absolute Gasteiger partial charge is 0.474 e. The quantitative estimate of drug-likeness (QED) is 0.449. The molecular weight excluding hydrogens is 427 g/mol. The van der Waals surface area contributed by atoms with Gasteiger partial charge in [-0.2, -0.15) is 0 Å². The van der Waals surface area contributed by atoms with Gasteiger partial charge in [-0.05, 0) is 30.0 Å². The van der Waals surface area contributed by atoms with Gasteiger partial charge in [0.15, 0.2) is 5.82 Å². The summed E-state index contributed by atoms with van der Waals surface area (Å²) < 4.78 is 26.4. The standard InChI is InChI=1S/C23H23FN6O3/c1-10-13(8-29-22-20(10)27-2-3-32-22)12-4-11-5-17(28-9-14(11)19(25)18(12)24)30-23(31)33-21-15-6-26-7-16(15)21/h4-5,8-9,15-16,21,26-27H,2-3,6-7,25H2,1H3,(H,28,30,31)/t15-,16+,21?.